The van der Waals surface area contributed by atoms with Crippen LogP contribution in [0.4, 0.5) is 5.69 Å². The van der Waals surface area contributed by atoms with Gasteiger partial charge < -0.3 is 10.2 Å². The molecular weight excluding hydrogens is 244 g/mol. The number of rotatable bonds is 1. The molecule has 0 unspecified atom stereocenters. The van der Waals surface area contributed by atoms with Gasteiger partial charge >= 0.3 is 0 Å². The maximum Gasteiger partial charge on any atom is 0.168 e. The van der Waals surface area contributed by atoms with E-state index in [1.165, 1.54) is 0 Å². The zero-order valence-electron chi connectivity index (χ0n) is 7.62. The number of aromatic nitrogens is 1. The van der Waals surface area contributed by atoms with Crippen LogP contribution in [0.2, 0.25) is 0 Å². The molecule has 0 amide bonds. The molecule has 0 spiro atoms. The maximum atomic E-state index is 5.90. The highest BCUT2D eigenvalue weighted by atomic mass is 79.9. The molecule has 0 atom stereocenters. The Hall–Kier alpha value is -1.29. The van der Waals surface area contributed by atoms with Crippen LogP contribution in [-0.4, -0.2) is 4.98 Å². The Balaban J connectivity index is 2.63. The Labute approximate surface area is 90.1 Å². The fourth-order valence-electron chi connectivity index (χ4n) is 1.21. The molecule has 2 aromatic heterocycles. The molecule has 0 saturated carbocycles. The van der Waals surface area contributed by atoms with Crippen LogP contribution in [0.25, 0.3) is 11.5 Å². The second-order valence-corrected chi connectivity index (χ2v) is 3.84. The van der Waals surface area contributed by atoms with Gasteiger partial charge in [0.15, 0.2) is 5.76 Å². The summed E-state index contributed by atoms with van der Waals surface area (Å²) in [5.74, 6) is 0.672. The van der Waals surface area contributed by atoms with Crippen LogP contribution in [0.1, 0.15) is 5.56 Å². The number of anilines is 1. The SMILES string of the molecule is Cc1ccnc(-c2occc2Br)c1N. The summed E-state index contributed by atoms with van der Waals surface area (Å²) >= 11 is 3.37. The third kappa shape index (κ3) is 1.42. The van der Waals surface area contributed by atoms with Crippen LogP contribution in [0.3, 0.4) is 0 Å². The number of hydrogen-bond acceptors (Lipinski definition) is 3. The number of furan rings is 1. The van der Waals surface area contributed by atoms with E-state index in [0.717, 1.165) is 10.0 Å². The summed E-state index contributed by atoms with van der Waals surface area (Å²) in [5, 5.41) is 0. The van der Waals surface area contributed by atoms with E-state index in [1.807, 2.05) is 19.1 Å². The number of hydrogen-bond donors (Lipinski definition) is 1. The minimum absolute atomic E-state index is 0.656. The molecule has 14 heavy (non-hydrogen) atoms. The lowest BCUT2D eigenvalue weighted by molar-refractivity contribution is 0.579. The minimum Gasteiger partial charge on any atom is -0.461 e. The van der Waals surface area contributed by atoms with Gasteiger partial charge in [-0.25, -0.2) is 0 Å². The highest BCUT2D eigenvalue weighted by Crippen LogP contribution is 2.32. The van der Waals surface area contributed by atoms with Crippen LogP contribution < -0.4 is 5.73 Å². The smallest absolute Gasteiger partial charge is 0.168 e. The molecule has 0 aliphatic heterocycles. The largest absolute Gasteiger partial charge is 0.461 e. The van der Waals surface area contributed by atoms with E-state index in [9.17, 15) is 0 Å². The predicted octanol–water partition coefficient (Wildman–Crippen LogP) is 2.99. The first-order chi connectivity index (χ1) is 6.70. The molecule has 72 valence electrons. The van der Waals surface area contributed by atoms with Crippen molar-refractivity contribution in [2.75, 3.05) is 5.73 Å². The molecule has 2 heterocycles. The second kappa shape index (κ2) is 3.46. The summed E-state index contributed by atoms with van der Waals surface area (Å²) in [6.07, 6.45) is 3.32. The van der Waals surface area contributed by atoms with Gasteiger partial charge in [-0.15, -0.1) is 0 Å². The van der Waals surface area contributed by atoms with Crippen LogP contribution in [-0.2, 0) is 0 Å². The normalized spacial score (nSPS) is 10.4. The van der Waals surface area contributed by atoms with Crippen molar-refractivity contribution in [3.63, 3.8) is 0 Å². The summed E-state index contributed by atoms with van der Waals surface area (Å²) in [4.78, 5) is 4.19. The number of nitrogen functional groups attached to an aromatic ring is 1. The summed E-state index contributed by atoms with van der Waals surface area (Å²) < 4.78 is 6.16. The van der Waals surface area contributed by atoms with Gasteiger partial charge in [0.25, 0.3) is 0 Å². The highest BCUT2D eigenvalue weighted by molar-refractivity contribution is 9.10. The minimum atomic E-state index is 0.656. The van der Waals surface area contributed by atoms with Crippen molar-refractivity contribution in [2.45, 2.75) is 6.92 Å². The fourth-order valence-corrected chi connectivity index (χ4v) is 1.60. The van der Waals surface area contributed by atoms with Gasteiger partial charge in [0.2, 0.25) is 0 Å². The number of halogens is 1. The molecule has 0 fully saturated rings. The molecular formula is C10H9BrN2O. The Morgan fingerprint density at radius 3 is 2.86 bits per heavy atom. The quantitative estimate of drug-likeness (QED) is 0.849. The average Bonchev–Trinajstić information content (AvgIpc) is 2.57. The summed E-state index contributed by atoms with van der Waals surface area (Å²) in [5.41, 5.74) is 8.24. The topological polar surface area (TPSA) is 52.0 Å². The average molecular weight is 253 g/mol. The zero-order valence-corrected chi connectivity index (χ0v) is 9.21. The Morgan fingerprint density at radius 2 is 2.21 bits per heavy atom. The first-order valence-electron chi connectivity index (χ1n) is 4.14. The molecule has 0 aliphatic rings. The van der Waals surface area contributed by atoms with Gasteiger partial charge in [0.1, 0.15) is 5.69 Å². The molecule has 0 bridgehead atoms. The van der Waals surface area contributed by atoms with Crippen LogP contribution in [0.15, 0.2) is 33.5 Å². The highest BCUT2D eigenvalue weighted by Gasteiger charge is 2.12. The van der Waals surface area contributed by atoms with Gasteiger partial charge in [0, 0.05) is 6.20 Å². The predicted molar refractivity (Wildman–Crippen MR) is 58.8 cm³/mol. The van der Waals surface area contributed by atoms with Crippen molar-refractivity contribution in [3.05, 3.63) is 34.6 Å². The van der Waals surface area contributed by atoms with E-state index in [2.05, 4.69) is 20.9 Å². The van der Waals surface area contributed by atoms with Crippen molar-refractivity contribution in [3.8, 4) is 11.5 Å². The molecule has 2 aromatic rings. The molecule has 2 N–H and O–H groups in total. The first-order valence-corrected chi connectivity index (χ1v) is 4.94. The third-order valence-corrected chi connectivity index (χ3v) is 2.66. The summed E-state index contributed by atoms with van der Waals surface area (Å²) in [6, 6.07) is 3.69. The molecule has 0 aromatic carbocycles. The van der Waals surface area contributed by atoms with Crippen LogP contribution in [0, 0.1) is 6.92 Å². The molecule has 3 nitrogen and oxygen atoms in total. The van der Waals surface area contributed by atoms with Crippen LogP contribution >= 0.6 is 15.9 Å². The van der Waals surface area contributed by atoms with E-state index in [0.29, 0.717) is 17.1 Å². The summed E-state index contributed by atoms with van der Waals surface area (Å²) in [7, 11) is 0. The van der Waals surface area contributed by atoms with Gasteiger partial charge in [-0.3, -0.25) is 4.98 Å². The molecule has 0 radical (unpaired) electrons. The van der Waals surface area contributed by atoms with Gasteiger partial charge in [-0.2, -0.15) is 0 Å². The Bertz CT molecular complexity index is 465. The lowest BCUT2D eigenvalue weighted by Gasteiger charge is -2.04. The van der Waals surface area contributed by atoms with E-state index in [4.69, 9.17) is 10.2 Å². The van der Waals surface area contributed by atoms with E-state index in [-0.39, 0.29) is 0 Å². The Morgan fingerprint density at radius 1 is 1.43 bits per heavy atom. The van der Waals surface area contributed by atoms with Crippen molar-refractivity contribution in [2.24, 2.45) is 0 Å². The molecule has 0 aliphatic carbocycles. The van der Waals surface area contributed by atoms with E-state index < -0.39 is 0 Å². The molecule has 4 heteroatoms. The first kappa shape index (κ1) is 9.27. The molecule has 2 rings (SSSR count). The standard InChI is InChI=1S/C10H9BrN2O/c1-6-2-4-13-9(8(6)12)10-7(11)3-5-14-10/h2-5H,12H2,1H3. The number of pyridine rings is 1. The van der Waals surface area contributed by atoms with Crippen molar-refractivity contribution < 1.29 is 4.42 Å². The number of nitrogens with zero attached hydrogens (tertiary/aromatic N) is 1. The number of aryl methyl sites for hydroxylation is 1. The van der Waals surface area contributed by atoms with Crippen molar-refractivity contribution in [1.29, 1.82) is 0 Å². The van der Waals surface area contributed by atoms with Crippen molar-refractivity contribution in [1.82, 2.24) is 4.98 Å². The van der Waals surface area contributed by atoms with E-state index in [1.54, 1.807) is 12.5 Å². The zero-order chi connectivity index (χ0) is 10.1. The van der Waals surface area contributed by atoms with Crippen molar-refractivity contribution >= 4 is 21.6 Å². The van der Waals surface area contributed by atoms with E-state index >= 15 is 0 Å². The molecule has 0 saturated heterocycles. The van der Waals surface area contributed by atoms with Gasteiger partial charge in [-0.05, 0) is 40.5 Å². The Kier molecular flexibility index (Phi) is 2.29. The maximum absolute atomic E-state index is 5.90. The lowest BCUT2D eigenvalue weighted by atomic mass is 10.2. The second-order valence-electron chi connectivity index (χ2n) is 2.99. The fraction of sp³-hybridized carbons (Fsp3) is 0.100. The third-order valence-electron chi connectivity index (χ3n) is 2.04. The monoisotopic (exact) mass is 252 g/mol. The summed E-state index contributed by atoms with van der Waals surface area (Å²) in [6.45, 7) is 1.94. The van der Waals surface area contributed by atoms with Gasteiger partial charge in [-0.1, -0.05) is 0 Å². The van der Waals surface area contributed by atoms with Crippen LogP contribution in [0.5, 0.6) is 0 Å². The number of nitrogens with two attached hydrogens (primary N) is 1. The van der Waals surface area contributed by atoms with Gasteiger partial charge in [0.05, 0.1) is 16.4 Å². The lowest BCUT2D eigenvalue weighted by Crippen LogP contribution is -1.95.